The molecule has 0 aliphatic heterocycles. The zero-order valence-corrected chi connectivity index (χ0v) is 11.8. The lowest BCUT2D eigenvalue weighted by Crippen LogP contribution is -2.17. The molecule has 6 heteroatoms. The lowest BCUT2D eigenvalue weighted by molar-refractivity contribution is 0.119. The number of pyridine rings is 1. The SMILES string of the molecule is OC1CCCCCC1c1nc(-c2ccc(Cl)cn2)no1. The molecule has 2 atom stereocenters. The molecule has 2 heterocycles. The summed E-state index contributed by atoms with van der Waals surface area (Å²) in [7, 11) is 0. The van der Waals surface area contributed by atoms with Crippen molar-refractivity contribution < 1.29 is 9.63 Å². The van der Waals surface area contributed by atoms with Crippen LogP contribution in [0.2, 0.25) is 5.02 Å². The smallest absolute Gasteiger partial charge is 0.232 e. The van der Waals surface area contributed by atoms with E-state index in [1.807, 2.05) is 0 Å². The normalized spacial score (nSPS) is 23.5. The Hall–Kier alpha value is -1.46. The third kappa shape index (κ3) is 2.83. The van der Waals surface area contributed by atoms with E-state index in [1.54, 1.807) is 18.3 Å². The summed E-state index contributed by atoms with van der Waals surface area (Å²) >= 11 is 5.80. The molecule has 5 nitrogen and oxygen atoms in total. The number of rotatable bonds is 2. The molecule has 0 amide bonds. The van der Waals surface area contributed by atoms with Crippen LogP contribution in [0.5, 0.6) is 0 Å². The largest absolute Gasteiger partial charge is 0.392 e. The van der Waals surface area contributed by atoms with Crippen LogP contribution in [0.4, 0.5) is 0 Å². The topological polar surface area (TPSA) is 72.0 Å². The van der Waals surface area contributed by atoms with Crippen LogP contribution in [0.15, 0.2) is 22.9 Å². The number of aliphatic hydroxyl groups excluding tert-OH is 1. The Kier molecular flexibility index (Phi) is 3.98. The highest BCUT2D eigenvalue weighted by molar-refractivity contribution is 6.30. The molecule has 2 aromatic rings. The molecule has 2 aromatic heterocycles. The maximum Gasteiger partial charge on any atom is 0.232 e. The van der Waals surface area contributed by atoms with Crippen molar-refractivity contribution >= 4 is 11.6 Å². The van der Waals surface area contributed by atoms with Crippen LogP contribution < -0.4 is 0 Å². The summed E-state index contributed by atoms with van der Waals surface area (Å²) in [5.41, 5.74) is 0.618. The number of nitrogens with zero attached hydrogens (tertiary/aromatic N) is 3. The molecule has 1 saturated carbocycles. The molecular formula is C14H16ClN3O2. The Morgan fingerprint density at radius 2 is 2.05 bits per heavy atom. The van der Waals surface area contributed by atoms with Crippen LogP contribution in [-0.2, 0) is 0 Å². The second-order valence-electron chi connectivity index (χ2n) is 5.13. The van der Waals surface area contributed by atoms with Crippen LogP contribution in [0.1, 0.15) is 43.9 Å². The third-order valence-corrected chi connectivity index (χ3v) is 3.92. The van der Waals surface area contributed by atoms with E-state index in [0.29, 0.717) is 22.4 Å². The first-order valence-corrected chi connectivity index (χ1v) is 7.25. The van der Waals surface area contributed by atoms with Crippen LogP contribution in [0.3, 0.4) is 0 Å². The predicted molar refractivity (Wildman–Crippen MR) is 74.4 cm³/mol. The lowest BCUT2D eigenvalue weighted by Gasteiger charge is -2.15. The molecule has 0 aromatic carbocycles. The van der Waals surface area contributed by atoms with Gasteiger partial charge in [-0.15, -0.1) is 0 Å². The molecule has 0 radical (unpaired) electrons. The number of hydrogen-bond acceptors (Lipinski definition) is 5. The molecule has 1 aliphatic carbocycles. The summed E-state index contributed by atoms with van der Waals surface area (Å²) in [4.78, 5) is 8.55. The van der Waals surface area contributed by atoms with E-state index < -0.39 is 6.10 Å². The number of hydrogen-bond donors (Lipinski definition) is 1. The summed E-state index contributed by atoms with van der Waals surface area (Å²) in [5.74, 6) is 0.880. The van der Waals surface area contributed by atoms with Gasteiger partial charge in [0.05, 0.1) is 17.0 Å². The molecule has 1 fully saturated rings. The monoisotopic (exact) mass is 293 g/mol. The maximum atomic E-state index is 10.2. The van der Waals surface area contributed by atoms with Gasteiger partial charge in [0.25, 0.3) is 0 Å². The fraction of sp³-hybridized carbons (Fsp3) is 0.500. The van der Waals surface area contributed by atoms with Crippen molar-refractivity contribution in [2.24, 2.45) is 0 Å². The highest BCUT2D eigenvalue weighted by atomic mass is 35.5. The lowest BCUT2D eigenvalue weighted by atomic mass is 9.97. The molecule has 1 aliphatic rings. The summed E-state index contributed by atoms with van der Waals surface area (Å²) < 4.78 is 5.32. The van der Waals surface area contributed by atoms with Gasteiger partial charge in [-0.25, -0.2) is 0 Å². The zero-order chi connectivity index (χ0) is 13.9. The first-order valence-electron chi connectivity index (χ1n) is 6.87. The van der Waals surface area contributed by atoms with Gasteiger partial charge in [0, 0.05) is 6.20 Å². The van der Waals surface area contributed by atoms with Crippen LogP contribution >= 0.6 is 11.6 Å². The van der Waals surface area contributed by atoms with Gasteiger partial charge in [0.15, 0.2) is 0 Å². The number of aromatic nitrogens is 3. The van der Waals surface area contributed by atoms with Gasteiger partial charge >= 0.3 is 0 Å². The summed E-state index contributed by atoms with van der Waals surface area (Å²) in [6, 6.07) is 3.49. The van der Waals surface area contributed by atoms with Crippen molar-refractivity contribution in [3.05, 3.63) is 29.2 Å². The van der Waals surface area contributed by atoms with Gasteiger partial charge in [0.2, 0.25) is 11.7 Å². The molecular weight excluding hydrogens is 278 g/mol. The number of aliphatic hydroxyl groups is 1. The second kappa shape index (κ2) is 5.89. The Morgan fingerprint density at radius 3 is 2.85 bits per heavy atom. The Labute approximate surface area is 122 Å². The fourth-order valence-electron chi connectivity index (χ4n) is 2.57. The van der Waals surface area contributed by atoms with Crippen molar-refractivity contribution in [3.8, 4) is 11.5 Å². The summed E-state index contributed by atoms with van der Waals surface area (Å²) in [6.07, 6.45) is 6.11. The Bertz CT molecular complexity index is 570. The van der Waals surface area contributed by atoms with Gasteiger partial charge in [-0.1, -0.05) is 36.0 Å². The fourth-order valence-corrected chi connectivity index (χ4v) is 2.69. The minimum Gasteiger partial charge on any atom is -0.392 e. The van der Waals surface area contributed by atoms with E-state index in [1.165, 1.54) is 0 Å². The molecule has 0 saturated heterocycles. The molecule has 0 spiro atoms. The average molecular weight is 294 g/mol. The first-order chi connectivity index (χ1) is 9.74. The van der Waals surface area contributed by atoms with E-state index in [2.05, 4.69) is 15.1 Å². The van der Waals surface area contributed by atoms with E-state index in [9.17, 15) is 5.11 Å². The van der Waals surface area contributed by atoms with Crippen LogP contribution in [0.25, 0.3) is 11.5 Å². The molecule has 20 heavy (non-hydrogen) atoms. The van der Waals surface area contributed by atoms with Crippen molar-refractivity contribution in [1.29, 1.82) is 0 Å². The summed E-state index contributed by atoms with van der Waals surface area (Å²) in [6.45, 7) is 0. The minimum absolute atomic E-state index is 0.0638. The van der Waals surface area contributed by atoms with Crippen molar-refractivity contribution in [3.63, 3.8) is 0 Å². The molecule has 1 N–H and O–H groups in total. The molecule has 2 unspecified atom stereocenters. The molecule has 106 valence electrons. The highest BCUT2D eigenvalue weighted by Gasteiger charge is 2.28. The Morgan fingerprint density at radius 1 is 1.20 bits per heavy atom. The predicted octanol–water partition coefficient (Wildman–Crippen LogP) is 3.19. The molecule has 0 bridgehead atoms. The van der Waals surface area contributed by atoms with Gasteiger partial charge in [-0.3, -0.25) is 4.98 Å². The van der Waals surface area contributed by atoms with Gasteiger partial charge < -0.3 is 9.63 Å². The highest BCUT2D eigenvalue weighted by Crippen LogP contribution is 2.31. The van der Waals surface area contributed by atoms with Crippen LogP contribution in [0, 0.1) is 0 Å². The van der Waals surface area contributed by atoms with Crippen molar-refractivity contribution in [2.45, 2.75) is 44.1 Å². The zero-order valence-electron chi connectivity index (χ0n) is 11.0. The first kappa shape index (κ1) is 13.5. The standard InChI is InChI=1S/C14H16ClN3O2/c15-9-6-7-11(16-8-9)13-17-14(20-18-13)10-4-2-1-3-5-12(10)19/h6-8,10,12,19H,1-5H2. The van der Waals surface area contributed by atoms with Crippen LogP contribution in [-0.4, -0.2) is 26.3 Å². The third-order valence-electron chi connectivity index (χ3n) is 3.69. The van der Waals surface area contributed by atoms with Gasteiger partial charge in [-0.05, 0) is 25.0 Å². The quantitative estimate of drug-likeness (QED) is 0.861. The van der Waals surface area contributed by atoms with E-state index in [4.69, 9.17) is 16.1 Å². The van der Waals surface area contributed by atoms with E-state index in [-0.39, 0.29) is 5.92 Å². The minimum atomic E-state index is -0.399. The van der Waals surface area contributed by atoms with Gasteiger partial charge in [0.1, 0.15) is 5.69 Å². The summed E-state index contributed by atoms with van der Waals surface area (Å²) in [5, 5.41) is 14.7. The number of halogens is 1. The molecule has 3 rings (SSSR count). The Balaban J connectivity index is 1.83. The average Bonchev–Trinajstić information content (AvgIpc) is 2.83. The van der Waals surface area contributed by atoms with E-state index >= 15 is 0 Å². The second-order valence-corrected chi connectivity index (χ2v) is 5.57. The van der Waals surface area contributed by atoms with Gasteiger partial charge in [-0.2, -0.15) is 4.98 Å². The van der Waals surface area contributed by atoms with E-state index in [0.717, 1.165) is 32.1 Å². The van der Waals surface area contributed by atoms with Crippen molar-refractivity contribution in [2.75, 3.05) is 0 Å². The maximum absolute atomic E-state index is 10.2. The van der Waals surface area contributed by atoms with Crippen molar-refractivity contribution in [1.82, 2.24) is 15.1 Å².